The molecule has 64 valence electrons. The van der Waals surface area contributed by atoms with Gasteiger partial charge in [-0.1, -0.05) is 13.0 Å². The Kier molecular flexibility index (Phi) is 1.51. The third-order valence-corrected chi connectivity index (χ3v) is 3.80. The molecule has 0 radical (unpaired) electrons. The number of nitrogens with one attached hydrogen (secondary N) is 1. The van der Waals surface area contributed by atoms with Gasteiger partial charge in [0.15, 0.2) is 0 Å². The van der Waals surface area contributed by atoms with E-state index in [9.17, 15) is 0 Å². The Balaban J connectivity index is 2.38. The first-order valence-corrected chi connectivity index (χ1v) is 4.94. The maximum Gasteiger partial charge on any atom is 0.102 e. The Morgan fingerprint density at radius 1 is 1.83 bits per heavy atom. The highest BCUT2D eigenvalue weighted by molar-refractivity contribution is 7.10. The van der Waals surface area contributed by atoms with Crippen LogP contribution >= 0.6 is 11.3 Å². The second kappa shape index (κ2) is 2.33. The van der Waals surface area contributed by atoms with Crippen molar-refractivity contribution in [2.75, 3.05) is 0 Å². The molecule has 1 fully saturated rings. The van der Waals surface area contributed by atoms with Gasteiger partial charge in [-0.15, -0.1) is 11.3 Å². The Bertz CT molecular complexity index is 304. The molecule has 0 aromatic carbocycles. The lowest BCUT2D eigenvalue weighted by Crippen LogP contribution is -2.28. The van der Waals surface area contributed by atoms with Crippen LogP contribution in [0.15, 0.2) is 17.5 Å². The molecule has 0 saturated heterocycles. The molecule has 2 unspecified atom stereocenters. The SMILES string of the molecule is CC1CC1(C(=N)N)c1cccs1. The summed E-state index contributed by atoms with van der Waals surface area (Å²) in [6, 6.07) is 4.10. The molecule has 2 nitrogen and oxygen atoms in total. The lowest BCUT2D eigenvalue weighted by molar-refractivity contribution is 0.820. The van der Waals surface area contributed by atoms with Gasteiger partial charge in [0, 0.05) is 4.88 Å². The molecule has 3 heteroatoms. The van der Waals surface area contributed by atoms with Gasteiger partial charge in [0.05, 0.1) is 5.41 Å². The van der Waals surface area contributed by atoms with Crippen LogP contribution in [0.3, 0.4) is 0 Å². The zero-order chi connectivity index (χ0) is 8.77. The molecular formula is C9H12N2S. The number of amidine groups is 1. The van der Waals surface area contributed by atoms with Crippen molar-refractivity contribution >= 4 is 17.2 Å². The lowest BCUT2D eigenvalue weighted by atomic mass is 10.0. The van der Waals surface area contributed by atoms with Crippen molar-refractivity contribution in [1.29, 1.82) is 5.41 Å². The van der Waals surface area contributed by atoms with Crippen molar-refractivity contribution in [1.82, 2.24) is 0 Å². The summed E-state index contributed by atoms with van der Waals surface area (Å²) in [6.07, 6.45) is 1.04. The summed E-state index contributed by atoms with van der Waals surface area (Å²) >= 11 is 1.70. The smallest absolute Gasteiger partial charge is 0.102 e. The van der Waals surface area contributed by atoms with E-state index in [4.69, 9.17) is 11.1 Å². The maximum absolute atomic E-state index is 7.55. The molecule has 1 heterocycles. The van der Waals surface area contributed by atoms with E-state index in [-0.39, 0.29) is 5.41 Å². The molecule has 1 aliphatic carbocycles. The fraction of sp³-hybridized carbons (Fsp3) is 0.444. The van der Waals surface area contributed by atoms with Gasteiger partial charge in [0.25, 0.3) is 0 Å². The van der Waals surface area contributed by atoms with E-state index >= 15 is 0 Å². The van der Waals surface area contributed by atoms with Crippen LogP contribution < -0.4 is 5.73 Å². The molecule has 1 aliphatic rings. The van der Waals surface area contributed by atoms with E-state index in [0.717, 1.165) is 6.42 Å². The Hall–Kier alpha value is -0.830. The monoisotopic (exact) mass is 180 g/mol. The fourth-order valence-electron chi connectivity index (χ4n) is 1.81. The Morgan fingerprint density at radius 3 is 2.83 bits per heavy atom. The largest absolute Gasteiger partial charge is 0.387 e. The van der Waals surface area contributed by atoms with Crippen LogP contribution in [0.5, 0.6) is 0 Å². The molecule has 0 spiro atoms. The molecule has 1 saturated carbocycles. The predicted molar refractivity (Wildman–Crippen MR) is 51.7 cm³/mol. The summed E-state index contributed by atoms with van der Waals surface area (Å²) in [6.45, 7) is 2.15. The van der Waals surface area contributed by atoms with Gasteiger partial charge in [-0.2, -0.15) is 0 Å². The molecule has 0 amide bonds. The number of hydrogen-bond acceptors (Lipinski definition) is 2. The zero-order valence-corrected chi connectivity index (χ0v) is 7.82. The summed E-state index contributed by atoms with van der Waals surface area (Å²) in [5.41, 5.74) is 5.52. The highest BCUT2D eigenvalue weighted by atomic mass is 32.1. The summed E-state index contributed by atoms with van der Waals surface area (Å²) in [7, 11) is 0. The van der Waals surface area contributed by atoms with Crippen molar-refractivity contribution in [3.8, 4) is 0 Å². The van der Waals surface area contributed by atoms with Crippen LogP contribution in [0.1, 0.15) is 18.2 Å². The first-order chi connectivity index (χ1) is 5.68. The maximum atomic E-state index is 7.55. The van der Waals surface area contributed by atoms with E-state index in [1.807, 2.05) is 11.4 Å². The molecule has 1 aromatic rings. The fourth-order valence-corrected chi connectivity index (χ4v) is 2.87. The van der Waals surface area contributed by atoms with Gasteiger partial charge >= 0.3 is 0 Å². The van der Waals surface area contributed by atoms with E-state index in [0.29, 0.717) is 11.8 Å². The van der Waals surface area contributed by atoms with Gasteiger partial charge in [0.1, 0.15) is 5.84 Å². The van der Waals surface area contributed by atoms with Crippen LogP contribution in [-0.4, -0.2) is 5.84 Å². The second-order valence-electron chi connectivity index (χ2n) is 3.47. The quantitative estimate of drug-likeness (QED) is 0.530. The number of thiophene rings is 1. The van der Waals surface area contributed by atoms with Crippen molar-refractivity contribution < 1.29 is 0 Å². The summed E-state index contributed by atoms with van der Waals surface area (Å²) in [4.78, 5) is 1.25. The molecule has 12 heavy (non-hydrogen) atoms. The van der Waals surface area contributed by atoms with Crippen molar-refractivity contribution in [3.05, 3.63) is 22.4 Å². The minimum Gasteiger partial charge on any atom is -0.387 e. The van der Waals surface area contributed by atoms with E-state index in [2.05, 4.69) is 13.0 Å². The van der Waals surface area contributed by atoms with Crippen molar-refractivity contribution in [2.45, 2.75) is 18.8 Å². The highest BCUT2D eigenvalue weighted by Gasteiger charge is 2.55. The minimum atomic E-state index is -0.0891. The molecule has 2 atom stereocenters. The average Bonchev–Trinajstić information content (AvgIpc) is 2.51. The minimum absolute atomic E-state index is 0.0891. The van der Waals surface area contributed by atoms with Crippen LogP contribution in [0.25, 0.3) is 0 Å². The first kappa shape index (κ1) is 7.80. The van der Waals surface area contributed by atoms with Crippen LogP contribution in [0.4, 0.5) is 0 Å². The van der Waals surface area contributed by atoms with Crippen LogP contribution in [-0.2, 0) is 5.41 Å². The Labute approximate surface area is 75.9 Å². The number of hydrogen-bond donors (Lipinski definition) is 2. The third-order valence-electron chi connectivity index (χ3n) is 2.75. The third kappa shape index (κ3) is 0.829. The van der Waals surface area contributed by atoms with Gasteiger partial charge < -0.3 is 5.73 Å². The van der Waals surface area contributed by atoms with Crippen LogP contribution in [0, 0.1) is 11.3 Å². The summed E-state index contributed by atoms with van der Waals surface area (Å²) in [5, 5.41) is 9.60. The highest BCUT2D eigenvalue weighted by Crippen LogP contribution is 2.55. The topological polar surface area (TPSA) is 49.9 Å². The van der Waals surface area contributed by atoms with Crippen LogP contribution in [0.2, 0.25) is 0 Å². The first-order valence-electron chi connectivity index (χ1n) is 4.06. The molecule has 3 N–H and O–H groups in total. The van der Waals surface area contributed by atoms with Gasteiger partial charge in [0.2, 0.25) is 0 Å². The Morgan fingerprint density at radius 2 is 2.50 bits per heavy atom. The summed E-state index contributed by atoms with van der Waals surface area (Å²) < 4.78 is 0. The van der Waals surface area contributed by atoms with Gasteiger partial charge in [-0.25, -0.2) is 0 Å². The zero-order valence-electron chi connectivity index (χ0n) is 7.00. The van der Waals surface area contributed by atoms with Crippen molar-refractivity contribution in [3.63, 3.8) is 0 Å². The van der Waals surface area contributed by atoms with E-state index in [1.54, 1.807) is 11.3 Å². The summed E-state index contributed by atoms with van der Waals surface area (Å²) in [5.74, 6) is 0.881. The average molecular weight is 180 g/mol. The molecule has 0 aliphatic heterocycles. The number of nitrogens with two attached hydrogens (primary N) is 1. The van der Waals surface area contributed by atoms with E-state index in [1.165, 1.54) is 4.88 Å². The van der Waals surface area contributed by atoms with Gasteiger partial charge in [-0.05, 0) is 23.8 Å². The molecule has 0 bridgehead atoms. The van der Waals surface area contributed by atoms with E-state index < -0.39 is 0 Å². The number of rotatable bonds is 2. The normalized spacial score (nSPS) is 33.2. The standard InChI is InChI=1S/C9H12N2S/c1-6-5-9(6,8(10)11)7-3-2-4-12-7/h2-4,6H,5H2,1H3,(H3,10,11). The van der Waals surface area contributed by atoms with Crippen molar-refractivity contribution in [2.24, 2.45) is 11.7 Å². The molecule has 1 aromatic heterocycles. The lowest BCUT2D eigenvalue weighted by Gasteiger charge is -2.11. The van der Waals surface area contributed by atoms with Gasteiger partial charge in [-0.3, -0.25) is 5.41 Å². The molecular weight excluding hydrogens is 168 g/mol. The predicted octanol–water partition coefficient (Wildman–Crippen LogP) is 1.96. The molecule has 2 rings (SSSR count). The second-order valence-corrected chi connectivity index (χ2v) is 4.42.